The fraction of sp³-hybridized carbons (Fsp3) is 0.0500. The van der Waals surface area contributed by atoms with Crippen molar-refractivity contribution in [3.63, 3.8) is 0 Å². The number of hydrogen-bond donors (Lipinski definition) is 0. The lowest BCUT2D eigenvalue weighted by Crippen LogP contribution is -2.24. The lowest BCUT2D eigenvalue weighted by molar-refractivity contribution is 0.0660. The summed E-state index contributed by atoms with van der Waals surface area (Å²) in [6.45, 7) is 1.94. The Morgan fingerprint density at radius 3 is 2.31 bits per heavy atom. The molecule has 2 amide bonds. The van der Waals surface area contributed by atoms with Crippen LogP contribution >= 0.6 is 11.6 Å². The molecule has 0 unspecified atom stereocenters. The van der Waals surface area contributed by atoms with Crippen molar-refractivity contribution in [2.24, 2.45) is 5.10 Å². The van der Waals surface area contributed by atoms with Gasteiger partial charge in [-0.15, -0.1) is 0 Å². The molecule has 0 fully saturated rings. The lowest BCUT2D eigenvalue weighted by Gasteiger charge is -2.09. The molecule has 0 saturated carbocycles. The van der Waals surface area contributed by atoms with Crippen LogP contribution in [0, 0.1) is 6.92 Å². The summed E-state index contributed by atoms with van der Waals surface area (Å²) < 4.78 is 1.88. The molecule has 1 aliphatic rings. The van der Waals surface area contributed by atoms with Crippen LogP contribution < -0.4 is 0 Å². The molecule has 0 aliphatic carbocycles. The highest BCUT2D eigenvalue weighted by atomic mass is 35.5. The van der Waals surface area contributed by atoms with E-state index in [9.17, 15) is 9.59 Å². The average molecular weight is 364 g/mol. The van der Waals surface area contributed by atoms with Gasteiger partial charge in [0.05, 0.1) is 23.0 Å². The van der Waals surface area contributed by atoms with E-state index in [0.717, 1.165) is 22.0 Å². The first kappa shape index (κ1) is 16.3. The van der Waals surface area contributed by atoms with Gasteiger partial charge in [-0.05, 0) is 48.9 Å². The Kier molecular flexibility index (Phi) is 3.93. The highest BCUT2D eigenvalue weighted by Gasteiger charge is 2.35. The van der Waals surface area contributed by atoms with E-state index in [4.69, 9.17) is 11.6 Å². The average Bonchev–Trinajstić information content (AvgIpc) is 3.20. The van der Waals surface area contributed by atoms with Gasteiger partial charge in [-0.3, -0.25) is 9.59 Å². The summed E-state index contributed by atoms with van der Waals surface area (Å²) in [6.07, 6.45) is 3.36. The monoisotopic (exact) mass is 363 g/mol. The molecule has 0 saturated heterocycles. The summed E-state index contributed by atoms with van der Waals surface area (Å²) in [6, 6.07) is 16.1. The maximum Gasteiger partial charge on any atom is 0.282 e. The van der Waals surface area contributed by atoms with Gasteiger partial charge in [0.15, 0.2) is 0 Å². The van der Waals surface area contributed by atoms with Gasteiger partial charge in [0.2, 0.25) is 0 Å². The van der Waals surface area contributed by atoms with Gasteiger partial charge in [-0.1, -0.05) is 29.8 Å². The minimum absolute atomic E-state index is 0.371. The number of imide groups is 1. The summed E-state index contributed by atoms with van der Waals surface area (Å²) in [5.41, 5.74) is 3.32. The topological polar surface area (TPSA) is 54.7 Å². The summed E-state index contributed by atoms with van der Waals surface area (Å²) in [7, 11) is 0. The predicted molar refractivity (Wildman–Crippen MR) is 100 cm³/mol. The summed E-state index contributed by atoms with van der Waals surface area (Å²) in [5.74, 6) is -0.836. The molecule has 0 bridgehead atoms. The van der Waals surface area contributed by atoms with Crippen molar-refractivity contribution < 1.29 is 9.59 Å². The van der Waals surface area contributed by atoms with E-state index in [0.29, 0.717) is 16.1 Å². The molecule has 4 rings (SSSR count). The molecule has 26 heavy (non-hydrogen) atoms. The molecule has 1 aliphatic heterocycles. The maximum atomic E-state index is 12.4. The summed E-state index contributed by atoms with van der Waals surface area (Å²) >= 11 is 6.21. The molecular weight excluding hydrogens is 350 g/mol. The van der Waals surface area contributed by atoms with Gasteiger partial charge in [0.25, 0.3) is 11.8 Å². The van der Waals surface area contributed by atoms with Gasteiger partial charge < -0.3 is 4.57 Å². The Morgan fingerprint density at radius 2 is 1.65 bits per heavy atom. The second-order valence-corrected chi connectivity index (χ2v) is 6.36. The number of carbonyl (C=O) groups excluding carboxylic acids is 2. The van der Waals surface area contributed by atoms with Crippen LogP contribution in [0.4, 0.5) is 0 Å². The summed E-state index contributed by atoms with van der Waals surface area (Å²) in [4.78, 5) is 24.7. The Labute approximate surface area is 155 Å². The molecule has 0 radical (unpaired) electrons. The van der Waals surface area contributed by atoms with E-state index in [1.54, 1.807) is 24.3 Å². The Bertz CT molecular complexity index is 1030. The number of amides is 2. The Hall–Kier alpha value is -3.18. The third-order valence-corrected chi connectivity index (χ3v) is 4.70. The largest absolute Gasteiger partial charge is 0.316 e. The SMILES string of the molecule is Cc1ccc(-n2cccc2/C=N\N2C(=O)c3ccccc3C2=O)cc1Cl. The predicted octanol–water partition coefficient (Wildman–Crippen LogP) is 4.07. The van der Waals surface area contributed by atoms with Crippen molar-refractivity contribution in [3.8, 4) is 5.69 Å². The number of halogens is 1. The van der Waals surface area contributed by atoms with E-state index < -0.39 is 11.8 Å². The van der Waals surface area contributed by atoms with Crippen LogP contribution in [-0.4, -0.2) is 27.6 Å². The number of carbonyl (C=O) groups is 2. The van der Waals surface area contributed by atoms with Crippen molar-refractivity contribution in [3.05, 3.63) is 88.2 Å². The van der Waals surface area contributed by atoms with Crippen LogP contribution in [0.2, 0.25) is 5.02 Å². The van der Waals surface area contributed by atoms with Gasteiger partial charge in [0.1, 0.15) is 0 Å². The smallest absolute Gasteiger partial charge is 0.282 e. The molecule has 3 aromatic rings. The zero-order chi connectivity index (χ0) is 18.3. The number of hydrogen-bond acceptors (Lipinski definition) is 3. The van der Waals surface area contributed by atoms with Crippen molar-refractivity contribution >= 4 is 29.6 Å². The molecule has 2 aromatic carbocycles. The van der Waals surface area contributed by atoms with Gasteiger partial charge >= 0.3 is 0 Å². The number of nitrogens with zero attached hydrogens (tertiary/aromatic N) is 3. The molecule has 6 heteroatoms. The fourth-order valence-electron chi connectivity index (χ4n) is 2.86. The zero-order valence-electron chi connectivity index (χ0n) is 13.9. The first-order valence-electron chi connectivity index (χ1n) is 8.02. The Morgan fingerprint density at radius 1 is 0.962 bits per heavy atom. The van der Waals surface area contributed by atoms with Gasteiger partial charge in [-0.2, -0.15) is 10.1 Å². The van der Waals surface area contributed by atoms with E-state index in [1.165, 1.54) is 6.21 Å². The molecular formula is C20H14ClN3O2. The van der Waals surface area contributed by atoms with Crippen LogP contribution in [0.25, 0.3) is 5.69 Å². The molecule has 0 spiro atoms. The molecule has 2 heterocycles. The number of hydrazone groups is 1. The van der Waals surface area contributed by atoms with Crippen molar-refractivity contribution in [1.29, 1.82) is 0 Å². The van der Waals surface area contributed by atoms with Gasteiger partial charge in [-0.25, -0.2) is 0 Å². The van der Waals surface area contributed by atoms with Crippen LogP contribution in [0.3, 0.4) is 0 Å². The fourth-order valence-corrected chi connectivity index (χ4v) is 3.04. The number of benzene rings is 2. The van der Waals surface area contributed by atoms with Crippen LogP contribution in [0.15, 0.2) is 65.9 Å². The highest BCUT2D eigenvalue weighted by Crippen LogP contribution is 2.23. The first-order valence-corrected chi connectivity index (χ1v) is 8.40. The molecule has 5 nitrogen and oxygen atoms in total. The van der Waals surface area contributed by atoms with Crippen molar-refractivity contribution in [2.75, 3.05) is 0 Å². The second-order valence-electron chi connectivity index (χ2n) is 5.95. The minimum atomic E-state index is -0.418. The van der Waals surface area contributed by atoms with E-state index >= 15 is 0 Å². The number of aryl methyl sites for hydroxylation is 1. The highest BCUT2D eigenvalue weighted by molar-refractivity contribution is 6.31. The van der Waals surface area contributed by atoms with E-state index in [1.807, 2.05) is 48.0 Å². The maximum absolute atomic E-state index is 12.4. The van der Waals surface area contributed by atoms with E-state index in [2.05, 4.69) is 5.10 Å². The normalized spacial score (nSPS) is 13.7. The first-order chi connectivity index (χ1) is 12.6. The zero-order valence-corrected chi connectivity index (χ0v) is 14.6. The Balaban J connectivity index is 1.65. The minimum Gasteiger partial charge on any atom is -0.316 e. The van der Waals surface area contributed by atoms with Crippen LogP contribution in [0.1, 0.15) is 32.0 Å². The number of rotatable bonds is 3. The third-order valence-electron chi connectivity index (χ3n) is 4.29. The number of aromatic nitrogens is 1. The molecule has 0 N–H and O–H groups in total. The lowest BCUT2D eigenvalue weighted by atomic mass is 10.1. The van der Waals surface area contributed by atoms with E-state index in [-0.39, 0.29) is 0 Å². The molecule has 128 valence electrons. The van der Waals surface area contributed by atoms with Crippen molar-refractivity contribution in [2.45, 2.75) is 6.92 Å². The van der Waals surface area contributed by atoms with Crippen LogP contribution in [-0.2, 0) is 0 Å². The van der Waals surface area contributed by atoms with Crippen molar-refractivity contribution in [1.82, 2.24) is 9.58 Å². The molecule has 0 atom stereocenters. The second kappa shape index (κ2) is 6.28. The quantitative estimate of drug-likeness (QED) is 0.520. The standard InChI is InChI=1S/C20H14ClN3O2/c1-13-8-9-14(11-18(13)21)23-10-4-5-15(23)12-22-24-19(25)16-6-2-3-7-17(16)20(24)26/h2-12H,1H3/b22-12-. The summed E-state index contributed by atoms with van der Waals surface area (Å²) in [5, 5.41) is 5.68. The molecule has 1 aromatic heterocycles. The van der Waals surface area contributed by atoms with Crippen LogP contribution in [0.5, 0.6) is 0 Å². The van der Waals surface area contributed by atoms with Gasteiger partial charge in [0, 0.05) is 16.9 Å². The third kappa shape index (κ3) is 2.62. The number of fused-ring (bicyclic) bond motifs is 1.